The standard InChI is InChI=1S/C15H29N3/c1-4-7-9-15(8-5-2)18-12-14(17-13-18)11-16-10-6-3/h12-13,15-16H,4-11H2,1-3H3. The van der Waals surface area contributed by atoms with Gasteiger partial charge in [0.05, 0.1) is 12.0 Å². The normalized spacial score (nSPS) is 12.8. The van der Waals surface area contributed by atoms with Gasteiger partial charge < -0.3 is 9.88 Å². The average Bonchev–Trinajstić information content (AvgIpc) is 2.83. The minimum atomic E-state index is 0.641. The summed E-state index contributed by atoms with van der Waals surface area (Å²) < 4.78 is 2.32. The second-order valence-corrected chi connectivity index (χ2v) is 5.07. The summed E-state index contributed by atoms with van der Waals surface area (Å²) in [7, 11) is 0. The van der Waals surface area contributed by atoms with Crippen LogP contribution in [-0.4, -0.2) is 16.1 Å². The van der Waals surface area contributed by atoms with E-state index in [-0.39, 0.29) is 0 Å². The minimum absolute atomic E-state index is 0.641. The van der Waals surface area contributed by atoms with E-state index in [1.807, 2.05) is 6.33 Å². The predicted molar refractivity (Wildman–Crippen MR) is 77.7 cm³/mol. The van der Waals surface area contributed by atoms with Crippen molar-refractivity contribution in [2.75, 3.05) is 6.54 Å². The molecular weight excluding hydrogens is 222 g/mol. The molecule has 1 N–H and O–H groups in total. The van der Waals surface area contributed by atoms with Gasteiger partial charge in [0.1, 0.15) is 0 Å². The number of unbranched alkanes of at least 4 members (excludes halogenated alkanes) is 1. The zero-order valence-corrected chi connectivity index (χ0v) is 12.3. The molecule has 0 aliphatic rings. The van der Waals surface area contributed by atoms with Crippen molar-refractivity contribution in [3.63, 3.8) is 0 Å². The van der Waals surface area contributed by atoms with E-state index in [4.69, 9.17) is 0 Å². The van der Waals surface area contributed by atoms with Crippen molar-refractivity contribution in [1.82, 2.24) is 14.9 Å². The lowest BCUT2D eigenvalue weighted by molar-refractivity contribution is 0.416. The molecule has 0 aliphatic heterocycles. The van der Waals surface area contributed by atoms with Gasteiger partial charge in [0.2, 0.25) is 0 Å². The van der Waals surface area contributed by atoms with Crippen molar-refractivity contribution in [2.24, 2.45) is 0 Å². The van der Waals surface area contributed by atoms with Crippen LogP contribution in [0.15, 0.2) is 12.5 Å². The van der Waals surface area contributed by atoms with Crippen LogP contribution in [0.3, 0.4) is 0 Å². The monoisotopic (exact) mass is 251 g/mol. The maximum atomic E-state index is 4.50. The molecule has 3 heteroatoms. The molecule has 0 fully saturated rings. The molecule has 0 amide bonds. The number of rotatable bonds is 10. The zero-order chi connectivity index (χ0) is 13.2. The highest BCUT2D eigenvalue weighted by Crippen LogP contribution is 2.21. The molecule has 0 spiro atoms. The first-order valence-electron chi connectivity index (χ1n) is 7.54. The van der Waals surface area contributed by atoms with Crippen LogP contribution in [0.2, 0.25) is 0 Å². The summed E-state index contributed by atoms with van der Waals surface area (Å²) in [5, 5.41) is 3.40. The molecule has 104 valence electrons. The smallest absolute Gasteiger partial charge is 0.0952 e. The van der Waals surface area contributed by atoms with E-state index in [0.717, 1.165) is 13.1 Å². The van der Waals surface area contributed by atoms with E-state index < -0.39 is 0 Å². The molecule has 3 nitrogen and oxygen atoms in total. The third-order valence-corrected chi connectivity index (χ3v) is 3.32. The van der Waals surface area contributed by atoms with Crippen molar-refractivity contribution in [3.8, 4) is 0 Å². The fraction of sp³-hybridized carbons (Fsp3) is 0.800. The zero-order valence-electron chi connectivity index (χ0n) is 12.3. The lowest BCUT2D eigenvalue weighted by Crippen LogP contribution is -2.14. The molecule has 1 unspecified atom stereocenters. The van der Waals surface area contributed by atoms with E-state index >= 15 is 0 Å². The summed E-state index contributed by atoms with van der Waals surface area (Å²) in [4.78, 5) is 4.50. The summed E-state index contributed by atoms with van der Waals surface area (Å²) in [5.74, 6) is 0. The Labute approximate surface area is 112 Å². The number of nitrogens with one attached hydrogen (secondary N) is 1. The van der Waals surface area contributed by atoms with E-state index in [1.165, 1.54) is 44.2 Å². The molecule has 18 heavy (non-hydrogen) atoms. The summed E-state index contributed by atoms with van der Waals surface area (Å²) in [6, 6.07) is 0.641. The first-order chi connectivity index (χ1) is 8.81. The van der Waals surface area contributed by atoms with E-state index in [1.54, 1.807) is 0 Å². The number of imidazole rings is 1. The second-order valence-electron chi connectivity index (χ2n) is 5.07. The van der Waals surface area contributed by atoms with E-state index in [0.29, 0.717) is 6.04 Å². The van der Waals surface area contributed by atoms with Gasteiger partial charge in [-0.1, -0.05) is 40.0 Å². The van der Waals surface area contributed by atoms with Crippen LogP contribution in [0.5, 0.6) is 0 Å². The predicted octanol–water partition coefficient (Wildman–Crippen LogP) is 3.91. The third-order valence-electron chi connectivity index (χ3n) is 3.32. The van der Waals surface area contributed by atoms with E-state index in [2.05, 4.69) is 41.8 Å². The van der Waals surface area contributed by atoms with Crippen LogP contribution >= 0.6 is 0 Å². The Balaban J connectivity index is 2.50. The quantitative estimate of drug-likeness (QED) is 0.639. The fourth-order valence-electron chi connectivity index (χ4n) is 2.28. The molecule has 1 aromatic heterocycles. The molecule has 0 bridgehead atoms. The second kappa shape index (κ2) is 9.15. The van der Waals surface area contributed by atoms with Gasteiger partial charge in [-0.25, -0.2) is 4.98 Å². The molecule has 0 aromatic carbocycles. The van der Waals surface area contributed by atoms with Gasteiger partial charge >= 0.3 is 0 Å². The van der Waals surface area contributed by atoms with Crippen LogP contribution in [-0.2, 0) is 6.54 Å². The Morgan fingerprint density at radius 3 is 2.67 bits per heavy atom. The van der Waals surface area contributed by atoms with Gasteiger partial charge in [-0.3, -0.25) is 0 Å². The molecule has 0 radical (unpaired) electrons. The van der Waals surface area contributed by atoms with Gasteiger partial charge in [-0.2, -0.15) is 0 Å². The fourth-order valence-corrected chi connectivity index (χ4v) is 2.28. The van der Waals surface area contributed by atoms with Crippen molar-refractivity contribution in [3.05, 3.63) is 18.2 Å². The summed E-state index contributed by atoms with van der Waals surface area (Å²) in [5.41, 5.74) is 1.17. The summed E-state index contributed by atoms with van der Waals surface area (Å²) in [6.07, 6.45) is 11.8. The number of hydrogen-bond acceptors (Lipinski definition) is 2. The van der Waals surface area contributed by atoms with Crippen LogP contribution in [0, 0.1) is 0 Å². The highest BCUT2D eigenvalue weighted by Gasteiger charge is 2.10. The number of aromatic nitrogens is 2. The van der Waals surface area contributed by atoms with E-state index in [9.17, 15) is 0 Å². The number of nitrogens with zero attached hydrogens (tertiary/aromatic N) is 2. The van der Waals surface area contributed by atoms with Gasteiger partial charge in [0, 0.05) is 18.8 Å². The SMILES string of the molecule is CCCCC(CCC)n1cnc(CNCCC)c1. The molecule has 1 heterocycles. The van der Waals surface area contributed by atoms with Crippen molar-refractivity contribution in [2.45, 2.75) is 71.9 Å². The van der Waals surface area contributed by atoms with Crippen LogP contribution in [0.4, 0.5) is 0 Å². The Kier molecular flexibility index (Phi) is 7.74. The largest absolute Gasteiger partial charge is 0.334 e. The lowest BCUT2D eigenvalue weighted by Gasteiger charge is -2.17. The molecule has 1 aromatic rings. The summed E-state index contributed by atoms with van der Waals surface area (Å²) in [6.45, 7) is 8.68. The highest BCUT2D eigenvalue weighted by molar-refractivity contribution is 4.97. The molecule has 0 saturated heterocycles. The van der Waals surface area contributed by atoms with Gasteiger partial charge in [-0.15, -0.1) is 0 Å². The third kappa shape index (κ3) is 5.21. The lowest BCUT2D eigenvalue weighted by atomic mass is 10.1. The highest BCUT2D eigenvalue weighted by atomic mass is 15.1. The topological polar surface area (TPSA) is 29.9 Å². The van der Waals surface area contributed by atoms with Crippen molar-refractivity contribution >= 4 is 0 Å². The van der Waals surface area contributed by atoms with Gasteiger partial charge in [0.25, 0.3) is 0 Å². The van der Waals surface area contributed by atoms with Crippen LogP contribution in [0.1, 0.15) is 71.0 Å². The minimum Gasteiger partial charge on any atom is -0.334 e. The van der Waals surface area contributed by atoms with Crippen LogP contribution in [0.25, 0.3) is 0 Å². The van der Waals surface area contributed by atoms with Gasteiger partial charge in [0.15, 0.2) is 0 Å². The first kappa shape index (κ1) is 15.2. The maximum absolute atomic E-state index is 4.50. The summed E-state index contributed by atoms with van der Waals surface area (Å²) >= 11 is 0. The molecular formula is C15H29N3. The Morgan fingerprint density at radius 1 is 1.17 bits per heavy atom. The Bertz CT molecular complexity index is 306. The van der Waals surface area contributed by atoms with Crippen LogP contribution < -0.4 is 5.32 Å². The van der Waals surface area contributed by atoms with Crippen molar-refractivity contribution in [1.29, 1.82) is 0 Å². The maximum Gasteiger partial charge on any atom is 0.0952 e. The van der Waals surface area contributed by atoms with Gasteiger partial charge in [-0.05, 0) is 25.8 Å². The number of hydrogen-bond donors (Lipinski definition) is 1. The first-order valence-corrected chi connectivity index (χ1v) is 7.54. The Hall–Kier alpha value is -0.830. The van der Waals surface area contributed by atoms with Crippen molar-refractivity contribution < 1.29 is 0 Å². The molecule has 1 atom stereocenters. The molecule has 0 saturated carbocycles. The molecule has 0 aliphatic carbocycles. The molecule has 1 rings (SSSR count). The Morgan fingerprint density at radius 2 is 2.00 bits per heavy atom. The average molecular weight is 251 g/mol.